The molecule has 23 heavy (non-hydrogen) atoms. The number of hydrogen-bond donors (Lipinski definition) is 0. The maximum absolute atomic E-state index is 12.3. The monoisotopic (exact) mass is 336 g/mol. The van der Waals surface area contributed by atoms with Crippen molar-refractivity contribution in [3.05, 3.63) is 29.8 Å². The van der Waals surface area contributed by atoms with Gasteiger partial charge in [-0.3, -0.25) is 4.79 Å². The van der Waals surface area contributed by atoms with Crippen LogP contribution in [0.5, 0.6) is 0 Å². The molecule has 0 aliphatic heterocycles. The molecule has 0 aromatic heterocycles. The topological polar surface area (TPSA) is 26.3 Å². The minimum atomic E-state index is -0.302. The molecule has 0 heterocycles. The average molecular weight is 337 g/mol. The molecule has 1 aromatic rings. The minimum absolute atomic E-state index is 0.0142. The lowest BCUT2D eigenvalue weighted by Crippen LogP contribution is -2.32. The van der Waals surface area contributed by atoms with Crippen LogP contribution in [-0.4, -0.2) is 23.2 Å². The van der Waals surface area contributed by atoms with Gasteiger partial charge in [-0.15, -0.1) is 11.8 Å². The van der Waals surface area contributed by atoms with E-state index in [0.717, 1.165) is 12.2 Å². The van der Waals surface area contributed by atoms with Gasteiger partial charge in [0.25, 0.3) is 0 Å². The van der Waals surface area contributed by atoms with E-state index in [9.17, 15) is 4.79 Å². The van der Waals surface area contributed by atoms with Gasteiger partial charge in [0.2, 0.25) is 0 Å². The highest BCUT2D eigenvalue weighted by Crippen LogP contribution is 2.26. The maximum Gasteiger partial charge on any atom is 0.140 e. The Morgan fingerprint density at radius 1 is 1.09 bits per heavy atom. The minimum Gasteiger partial charge on any atom is -0.372 e. The molecule has 1 unspecified atom stereocenters. The van der Waals surface area contributed by atoms with Gasteiger partial charge in [-0.05, 0) is 46.2 Å². The standard InChI is InChI=1S/C20H32O2S/c1-15-8-10-17(11-9-15)23-13-12-16(22-20(5,6)7)14-18(21)19(2,3)4/h8-11,16H,12-14H2,1-7H3. The van der Waals surface area contributed by atoms with Crippen LogP contribution in [0.3, 0.4) is 0 Å². The Hall–Kier alpha value is -0.800. The predicted octanol–water partition coefficient (Wildman–Crippen LogP) is 5.67. The normalized spacial score (nSPS) is 13.9. The van der Waals surface area contributed by atoms with E-state index in [1.54, 1.807) is 0 Å². The van der Waals surface area contributed by atoms with Crippen molar-refractivity contribution in [1.82, 2.24) is 0 Å². The van der Waals surface area contributed by atoms with Crippen molar-refractivity contribution in [2.75, 3.05) is 5.75 Å². The summed E-state index contributed by atoms with van der Waals surface area (Å²) in [5.74, 6) is 1.23. The molecule has 0 saturated carbocycles. The molecule has 0 saturated heterocycles. The second-order valence-electron chi connectivity index (χ2n) is 8.18. The van der Waals surface area contributed by atoms with Gasteiger partial charge in [0.1, 0.15) is 5.78 Å². The summed E-state index contributed by atoms with van der Waals surface area (Å²) in [4.78, 5) is 13.6. The van der Waals surface area contributed by atoms with E-state index in [0.29, 0.717) is 6.42 Å². The number of ether oxygens (including phenoxy) is 1. The number of thioether (sulfide) groups is 1. The highest BCUT2D eigenvalue weighted by atomic mass is 32.2. The zero-order valence-corrected chi connectivity index (χ0v) is 16.5. The number of benzene rings is 1. The molecule has 0 aliphatic carbocycles. The molecule has 0 radical (unpaired) electrons. The van der Waals surface area contributed by atoms with Crippen LogP contribution >= 0.6 is 11.8 Å². The fraction of sp³-hybridized carbons (Fsp3) is 0.650. The van der Waals surface area contributed by atoms with Gasteiger partial charge in [-0.25, -0.2) is 0 Å². The van der Waals surface area contributed by atoms with Crippen LogP contribution in [0.2, 0.25) is 0 Å². The van der Waals surface area contributed by atoms with Crippen molar-refractivity contribution in [3.8, 4) is 0 Å². The zero-order chi connectivity index (χ0) is 17.7. The first kappa shape index (κ1) is 20.2. The van der Waals surface area contributed by atoms with Crippen molar-refractivity contribution < 1.29 is 9.53 Å². The van der Waals surface area contributed by atoms with Gasteiger partial charge in [0.05, 0.1) is 11.7 Å². The number of aryl methyl sites for hydroxylation is 1. The fourth-order valence-electron chi connectivity index (χ4n) is 2.16. The lowest BCUT2D eigenvalue weighted by molar-refractivity contribution is -0.132. The number of carbonyl (C=O) groups is 1. The Morgan fingerprint density at radius 3 is 2.13 bits per heavy atom. The first-order valence-corrected chi connectivity index (χ1v) is 9.36. The molecular weight excluding hydrogens is 304 g/mol. The average Bonchev–Trinajstić information content (AvgIpc) is 2.38. The van der Waals surface area contributed by atoms with Crippen molar-refractivity contribution in [3.63, 3.8) is 0 Å². The summed E-state index contributed by atoms with van der Waals surface area (Å²) in [6, 6.07) is 8.57. The second kappa shape index (κ2) is 8.34. The number of hydrogen-bond acceptors (Lipinski definition) is 3. The van der Waals surface area contributed by atoms with Gasteiger partial charge in [-0.1, -0.05) is 38.5 Å². The first-order valence-electron chi connectivity index (χ1n) is 8.38. The highest BCUT2D eigenvalue weighted by molar-refractivity contribution is 7.99. The number of Topliss-reactive ketones (excluding diaryl/α,β-unsaturated/α-hetero) is 1. The molecule has 2 nitrogen and oxygen atoms in total. The zero-order valence-electron chi connectivity index (χ0n) is 15.7. The third kappa shape index (κ3) is 8.57. The van der Waals surface area contributed by atoms with Gasteiger partial charge in [0, 0.05) is 22.5 Å². The van der Waals surface area contributed by atoms with Crippen LogP contribution in [0.25, 0.3) is 0 Å². The number of rotatable bonds is 7. The van der Waals surface area contributed by atoms with Gasteiger partial charge < -0.3 is 4.74 Å². The summed E-state index contributed by atoms with van der Waals surface area (Å²) >= 11 is 1.83. The molecule has 0 spiro atoms. The van der Waals surface area contributed by atoms with E-state index in [2.05, 4.69) is 52.0 Å². The molecular formula is C20H32O2S. The summed E-state index contributed by atoms with van der Waals surface area (Å²) in [7, 11) is 0. The summed E-state index contributed by atoms with van der Waals surface area (Å²) in [6.45, 7) is 14.2. The quantitative estimate of drug-likeness (QED) is 0.600. The molecule has 0 bridgehead atoms. The van der Waals surface area contributed by atoms with Crippen LogP contribution < -0.4 is 0 Å². The first-order chi connectivity index (χ1) is 10.5. The fourth-order valence-corrected chi connectivity index (χ4v) is 3.10. The Morgan fingerprint density at radius 2 is 1.65 bits per heavy atom. The van der Waals surface area contributed by atoms with Gasteiger partial charge in [0.15, 0.2) is 0 Å². The van der Waals surface area contributed by atoms with Gasteiger partial charge >= 0.3 is 0 Å². The van der Waals surface area contributed by atoms with E-state index in [4.69, 9.17) is 4.74 Å². The molecule has 0 aliphatic rings. The SMILES string of the molecule is Cc1ccc(SCCC(CC(=O)C(C)(C)C)OC(C)(C)C)cc1. The van der Waals surface area contributed by atoms with Crippen LogP contribution in [0.1, 0.15) is 59.9 Å². The summed E-state index contributed by atoms with van der Waals surface area (Å²) in [5, 5.41) is 0. The molecule has 3 heteroatoms. The van der Waals surface area contributed by atoms with Crippen molar-refractivity contribution >= 4 is 17.5 Å². The third-order valence-corrected chi connectivity index (χ3v) is 4.54. The molecule has 0 N–H and O–H groups in total. The Kier molecular flexibility index (Phi) is 7.34. The molecule has 1 atom stereocenters. The van der Waals surface area contributed by atoms with Crippen LogP contribution in [0.4, 0.5) is 0 Å². The lowest BCUT2D eigenvalue weighted by atomic mass is 9.87. The summed E-state index contributed by atoms with van der Waals surface area (Å²) < 4.78 is 6.13. The maximum atomic E-state index is 12.3. The van der Waals surface area contributed by atoms with E-state index in [1.807, 2.05) is 32.5 Å². The predicted molar refractivity (Wildman–Crippen MR) is 100 cm³/mol. The smallest absolute Gasteiger partial charge is 0.140 e. The van der Waals surface area contributed by atoms with E-state index in [1.165, 1.54) is 10.5 Å². The van der Waals surface area contributed by atoms with Gasteiger partial charge in [-0.2, -0.15) is 0 Å². The molecule has 0 amide bonds. The number of ketones is 1. The molecule has 1 rings (SSSR count). The van der Waals surface area contributed by atoms with E-state index >= 15 is 0 Å². The molecule has 1 aromatic carbocycles. The van der Waals surface area contributed by atoms with Crippen molar-refractivity contribution in [2.24, 2.45) is 5.41 Å². The van der Waals surface area contributed by atoms with E-state index in [-0.39, 0.29) is 22.9 Å². The molecule has 0 fully saturated rings. The Balaban J connectivity index is 2.58. The Labute approximate surface area is 146 Å². The van der Waals surface area contributed by atoms with Crippen LogP contribution in [0, 0.1) is 12.3 Å². The highest BCUT2D eigenvalue weighted by Gasteiger charge is 2.27. The van der Waals surface area contributed by atoms with Crippen LogP contribution in [0.15, 0.2) is 29.2 Å². The Bertz CT molecular complexity index is 492. The molecule has 130 valence electrons. The third-order valence-electron chi connectivity index (χ3n) is 3.50. The second-order valence-corrected chi connectivity index (χ2v) is 9.35. The van der Waals surface area contributed by atoms with E-state index < -0.39 is 0 Å². The number of carbonyl (C=O) groups excluding carboxylic acids is 1. The lowest BCUT2D eigenvalue weighted by Gasteiger charge is -2.29. The van der Waals surface area contributed by atoms with Crippen LogP contribution in [-0.2, 0) is 9.53 Å². The summed E-state index contributed by atoms with van der Waals surface area (Å²) in [6.07, 6.45) is 1.37. The largest absolute Gasteiger partial charge is 0.372 e. The summed E-state index contributed by atoms with van der Waals surface area (Å²) in [5.41, 5.74) is 0.750. The van der Waals surface area contributed by atoms with Crippen molar-refractivity contribution in [2.45, 2.75) is 77.9 Å². The van der Waals surface area contributed by atoms with Crippen molar-refractivity contribution in [1.29, 1.82) is 0 Å².